The summed E-state index contributed by atoms with van der Waals surface area (Å²) in [5, 5.41) is 11.4. The summed E-state index contributed by atoms with van der Waals surface area (Å²) < 4.78 is 13.6. The molecule has 2 aromatic rings. The summed E-state index contributed by atoms with van der Waals surface area (Å²) in [4.78, 5) is 11.9. The van der Waals surface area contributed by atoms with Crippen molar-refractivity contribution in [3.8, 4) is 6.07 Å². The highest BCUT2D eigenvalue weighted by atomic mass is 35.5. The molecule has 100 valence electrons. The van der Waals surface area contributed by atoms with Crippen molar-refractivity contribution in [3.05, 3.63) is 58.4 Å². The maximum Gasteiger partial charge on any atom is 0.258 e. The largest absolute Gasteiger partial charge is 0.397 e. The minimum atomic E-state index is -0.720. The van der Waals surface area contributed by atoms with Gasteiger partial charge < -0.3 is 11.1 Å². The zero-order valence-electron chi connectivity index (χ0n) is 10.2. The topological polar surface area (TPSA) is 78.9 Å². The predicted molar refractivity (Wildman–Crippen MR) is 74.9 cm³/mol. The summed E-state index contributed by atoms with van der Waals surface area (Å²) in [6.45, 7) is 0. The van der Waals surface area contributed by atoms with Crippen LogP contribution in [0.3, 0.4) is 0 Å². The van der Waals surface area contributed by atoms with Gasteiger partial charge in [0, 0.05) is 5.02 Å². The number of nitrogens with one attached hydrogen (secondary N) is 1. The lowest BCUT2D eigenvalue weighted by atomic mass is 10.1. The normalized spacial score (nSPS) is 9.85. The molecule has 2 rings (SSSR count). The van der Waals surface area contributed by atoms with Crippen LogP contribution in [0.5, 0.6) is 0 Å². The van der Waals surface area contributed by atoms with E-state index in [1.165, 1.54) is 30.3 Å². The molecule has 0 aliphatic carbocycles. The molecule has 1 amide bonds. The predicted octanol–water partition coefficient (Wildman–Crippen LogP) is 3.19. The standard InChI is InChI=1S/C14H9ClFN3O/c15-9-2-3-10(11(16)6-9)14(20)19-13-4-1-8(7-17)5-12(13)18/h1-6H,18H2,(H,19,20). The Morgan fingerprint density at radius 3 is 2.65 bits per heavy atom. The fraction of sp³-hybridized carbons (Fsp3) is 0. The second kappa shape index (κ2) is 5.59. The molecule has 0 aliphatic heterocycles. The molecule has 0 spiro atoms. The Bertz CT molecular complexity index is 725. The van der Waals surface area contributed by atoms with Crippen LogP contribution in [0.25, 0.3) is 0 Å². The molecule has 0 unspecified atom stereocenters. The van der Waals surface area contributed by atoms with Gasteiger partial charge in [0.05, 0.1) is 28.6 Å². The minimum absolute atomic E-state index is 0.141. The van der Waals surface area contributed by atoms with Gasteiger partial charge in [-0.05, 0) is 36.4 Å². The number of hydrogen-bond donors (Lipinski definition) is 2. The number of carbonyl (C=O) groups is 1. The fourth-order valence-electron chi connectivity index (χ4n) is 1.61. The Morgan fingerprint density at radius 1 is 1.30 bits per heavy atom. The molecule has 6 heteroatoms. The highest BCUT2D eigenvalue weighted by Gasteiger charge is 2.13. The Hall–Kier alpha value is -2.58. The SMILES string of the molecule is N#Cc1ccc(NC(=O)c2ccc(Cl)cc2F)c(N)c1. The maximum absolute atomic E-state index is 13.6. The number of nitrogens with zero attached hydrogens (tertiary/aromatic N) is 1. The highest BCUT2D eigenvalue weighted by molar-refractivity contribution is 6.30. The van der Waals surface area contributed by atoms with Gasteiger partial charge in [-0.2, -0.15) is 5.26 Å². The van der Waals surface area contributed by atoms with Crippen LogP contribution < -0.4 is 11.1 Å². The number of hydrogen-bond acceptors (Lipinski definition) is 3. The van der Waals surface area contributed by atoms with E-state index in [1.54, 1.807) is 0 Å². The molecular formula is C14H9ClFN3O. The molecule has 0 aromatic heterocycles. The second-order valence-corrected chi connectivity index (χ2v) is 4.43. The van der Waals surface area contributed by atoms with Crippen LogP contribution in [0, 0.1) is 17.1 Å². The average molecular weight is 290 g/mol. The van der Waals surface area contributed by atoms with Gasteiger partial charge in [0.2, 0.25) is 0 Å². The lowest BCUT2D eigenvalue weighted by Gasteiger charge is -2.09. The van der Waals surface area contributed by atoms with Crippen molar-refractivity contribution in [2.45, 2.75) is 0 Å². The van der Waals surface area contributed by atoms with Crippen molar-refractivity contribution >= 4 is 28.9 Å². The number of benzene rings is 2. The van der Waals surface area contributed by atoms with Crippen LogP contribution >= 0.6 is 11.6 Å². The maximum atomic E-state index is 13.6. The number of halogens is 2. The van der Waals surface area contributed by atoms with Crippen LogP contribution in [-0.4, -0.2) is 5.91 Å². The fourth-order valence-corrected chi connectivity index (χ4v) is 1.77. The molecule has 0 heterocycles. The van der Waals surface area contributed by atoms with Crippen molar-refractivity contribution in [1.82, 2.24) is 0 Å². The first-order chi connectivity index (χ1) is 9.51. The molecule has 0 aliphatic rings. The first-order valence-electron chi connectivity index (χ1n) is 5.57. The number of nitrogens with two attached hydrogens (primary N) is 1. The summed E-state index contributed by atoms with van der Waals surface area (Å²) in [5.41, 5.74) is 6.47. The van der Waals surface area contributed by atoms with Gasteiger partial charge in [0.25, 0.3) is 5.91 Å². The Morgan fingerprint density at radius 2 is 2.05 bits per heavy atom. The van der Waals surface area contributed by atoms with Gasteiger partial charge in [-0.15, -0.1) is 0 Å². The van der Waals surface area contributed by atoms with Crippen LogP contribution in [0.2, 0.25) is 5.02 Å². The number of carbonyl (C=O) groups excluding carboxylic acids is 1. The van der Waals surface area contributed by atoms with E-state index in [0.29, 0.717) is 11.3 Å². The molecule has 0 radical (unpaired) electrons. The zero-order valence-corrected chi connectivity index (χ0v) is 10.9. The highest BCUT2D eigenvalue weighted by Crippen LogP contribution is 2.21. The van der Waals surface area contributed by atoms with Gasteiger partial charge >= 0.3 is 0 Å². The molecule has 20 heavy (non-hydrogen) atoms. The second-order valence-electron chi connectivity index (χ2n) is 3.99. The van der Waals surface area contributed by atoms with Gasteiger partial charge in [0.15, 0.2) is 0 Å². The van der Waals surface area contributed by atoms with Crippen LogP contribution in [0.4, 0.5) is 15.8 Å². The van der Waals surface area contributed by atoms with E-state index in [1.807, 2.05) is 6.07 Å². The summed E-state index contributed by atoms with van der Waals surface area (Å²) in [6.07, 6.45) is 0. The molecule has 0 saturated heterocycles. The zero-order chi connectivity index (χ0) is 14.7. The van der Waals surface area contributed by atoms with Crippen LogP contribution in [-0.2, 0) is 0 Å². The number of rotatable bonds is 2. The summed E-state index contributed by atoms with van der Waals surface area (Å²) >= 11 is 5.62. The first kappa shape index (κ1) is 13.8. The third-order valence-corrected chi connectivity index (χ3v) is 2.84. The Balaban J connectivity index is 2.26. The van der Waals surface area contributed by atoms with Crippen LogP contribution in [0.1, 0.15) is 15.9 Å². The summed E-state index contributed by atoms with van der Waals surface area (Å²) in [7, 11) is 0. The molecule has 0 fully saturated rings. The summed E-state index contributed by atoms with van der Waals surface area (Å²) in [5.74, 6) is -1.36. The number of nitrogen functional groups attached to an aromatic ring is 1. The van der Waals surface area contributed by atoms with Crippen molar-refractivity contribution in [2.24, 2.45) is 0 Å². The molecule has 2 aromatic carbocycles. The number of nitriles is 1. The van der Waals surface area contributed by atoms with Crippen molar-refractivity contribution in [1.29, 1.82) is 5.26 Å². The van der Waals surface area contributed by atoms with Gasteiger partial charge in [-0.25, -0.2) is 4.39 Å². The van der Waals surface area contributed by atoms with E-state index >= 15 is 0 Å². The average Bonchev–Trinajstić information content (AvgIpc) is 2.40. The van der Waals surface area contributed by atoms with Crippen molar-refractivity contribution in [2.75, 3.05) is 11.1 Å². The lowest BCUT2D eigenvalue weighted by molar-refractivity contribution is 0.102. The van der Waals surface area contributed by atoms with Crippen LogP contribution in [0.15, 0.2) is 36.4 Å². The third-order valence-electron chi connectivity index (χ3n) is 2.60. The Kier molecular flexibility index (Phi) is 3.87. The van der Waals surface area contributed by atoms with E-state index in [4.69, 9.17) is 22.6 Å². The number of anilines is 2. The lowest BCUT2D eigenvalue weighted by Crippen LogP contribution is -2.14. The van der Waals surface area contributed by atoms with E-state index in [0.717, 1.165) is 6.07 Å². The third kappa shape index (κ3) is 2.87. The van der Waals surface area contributed by atoms with E-state index in [9.17, 15) is 9.18 Å². The van der Waals surface area contributed by atoms with Crippen molar-refractivity contribution in [3.63, 3.8) is 0 Å². The minimum Gasteiger partial charge on any atom is -0.397 e. The molecule has 0 saturated carbocycles. The molecule has 3 N–H and O–H groups in total. The van der Waals surface area contributed by atoms with E-state index in [2.05, 4.69) is 5.32 Å². The Labute approximate surface area is 119 Å². The van der Waals surface area contributed by atoms with E-state index < -0.39 is 11.7 Å². The first-order valence-corrected chi connectivity index (χ1v) is 5.95. The quantitative estimate of drug-likeness (QED) is 0.833. The molecule has 0 bridgehead atoms. The number of amides is 1. The molecule has 0 atom stereocenters. The molecular weight excluding hydrogens is 281 g/mol. The molecule has 4 nitrogen and oxygen atoms in total. The van der Waals surface area contributed by atoms with E-state index in [-0.39, 0.29) is 16.3 Å². The monoisotopic (exact) mass is 289 g/mol. The van der Waals surface area contributed by atoms with Gasteiger partial charge in [-0.1, -0.05) is 11.6 Å². The summed E-state index contributed by atoms with van der Waals surface area (Å²) in [6, 6.07) is 10.1. The van der Waals surface area contributed by atoms with Gasteiger partial charge in [-0.3, -0.25) is 4.79 Å². The van der Waals surface area contributed by atoms with Gasteiger partial charge in [0.1, 0.15) is 5.82 Å². The smallest absolute Gasteiger partial charge is 0.258 e. The van der Waals surface area contributed by atoms with Crippen molar-refractivity contribution < 1.29 is 9.18 Å².